The summed E-state index contributed by atoms with van der Waals surface area (Å²) in [6.45, 7) is 0.685. The van der Waals surface area contributed by atoms with Gasteiger partial charge in [0.2, 0.25) is 0 Å². The van der Waals surface area contributed by atoms with Crippen LogP contribution in [0.5, 0.6) is 0 Å². The van der Waals surface area contributed by atoms with Crippen molar-refractivity contribution in [1.82, 2.24) is 5.32 Å². The number of rotatable bonds is 4. The first-order valence-corrected chi connectivity index (χ1v) is 7.14. The number of halogens is 3. The fourth-order valence-corrected chi connectivity index (χ4v) is 2.00. The molecule has 15 heavy (non-hydrogen) atoms. The minimum absolute atomic E-state index is 0.119. The van der Waals surface area contributed by atoms with Gasteiger partial charge in [-0.3, -0.25) is 4.79 Å². The molecule has 1 aromatic carbocycles. The maximum absolute atomic E-state index is 11.7. The van der Waals surface area contributed by atoms with Crippen LogP contribution in [0.15, 0.2) is 22.7 Å². The predicted octanol–water partition coefficient (Wildman–Crippen LogP) is 3.66. The van der Waals surface area contributed by atoms with E-state index in [-0.39, 0.29) is 5.91 Å². The third-order valence-electron chi connectivity index (χ3n) is 1.79. The number of carbonyl (C=O) groups excluding carboxylic acids is 1. The number of hydrogen-bond acceptors (Lipinski definition) is 1. The summed E-state index contributed by atoms with van der Waals surface area (Å²) in [4.78, 5) is 11.7. The number of benzene rings is 1. The quantitative estimate of drug-likeness (QED) is 0.465. The normalized spacial score (nSPS) is 10.1. The lowest BCUT2D eigenvalue weighted by Crippen LogP contribution is -2.24. The highest BCUT2D eigenvalue weighted by molar-refractivity contribution is 14.1. The van der Waals surface area contributed by atoms with Gasteiger partial charge in [0.15, 0.2) is 0 Å². The Morgan fingerprint density at radius 2 is 2.27 bits per heavy atom. The minimum atomic E-state index is -0.119. The lowest BCUT2D eigenvalue weighted by Gasteiger charge is -2.06. The molecule has 1 amide bonds. The number of nitrogens with one attached hydrogen (secondary N) is 1. The molecule has 0 aromatic heterocycles. The first kappa shape index (κ1) is 13.3. The standard InChI is InChI=1S/C10H10BrClINO/c11-8-4-1-3-7(9(8)12)10(15)14-6-2-5-13/h1,3-4H,2,5-6H2,(H,14,15). The van der Waals surface area contributed by atoms with E-state index in [9.17, 15) is 4.79 Å². The van der Waals surface area contributed by atoms with Crippen LogP contribution in [0, 0.1) is 0 Å². The second-order valence-electron chi connectivity index (χ2n) is 2.90. The molecule has 0 aliphatic heterocycles. The molecule has 1 N–H and O–H groups in total. The Hall–Kier alpha value is 0.190. The highest BCUT2D eigenvalue weighted by Crippen LogP contribution is 2.25. The van der Waals surface area contributed by atoms with E-state index in [1.165, 1.54) is 0 Å². The number of amides is 1. The molecule has 0 aliphatic rings. The number of carbonyl (C=O) groups is 1. The van der Waals surface area contributed by atoms with Crippen molar-refractivity contribution in [2.75, 3.05) is 11.0 Å². The average Bonchev–Trinajstić information content (AvgIpc) is 2.22. The van der Waals surface area contributed by atoms with Crippen LogP contribution in [0.4, 0.5) is 0 Å². The van der Waals surface area contributed by atoms with E-state index in [0.717, 1.165) is 15.3 Å². The van der Waals surface area contributed by atoms with Gasteiger partial charge in [-0.25, -0.2) is 0 Å². The zero-order valence-electron chi connectivity index (χ0n) is 7.90. The van der Waals surface area contributed by atoms with Gasteiger partial charge in [-0.15, -0.1) is 0 Å². The fourth-order valence-electron chi connectivity index (χ4n) is 1.04. The molecule has 82 valence electrons. The predicted molar refractivity (Wildman–Crippen MR) is 75.0 cm³/mol. The van der Waals surface area contributed by atoms with Crippen LogP contribution in [0.3, 0.4) is 0 Å². The summed E-state index contributed by atoms with van der Waals surface area (Å²) in [6.07, 6.45) is 0.970. The Bertz CT molecular complexity index is 359. The van der Waals surface area contributed by atoms with Crippen LogP contribution in [0.2, 0.25) is 5.02 Å². The molecular formula is C10H10BrClINO. The van der Waals surface area contributed by atoms with E-state index in [1.54, 1.807) is 12.1 Å². The summed E-state index contributed by atoms with van der Waals surface area (Å²) < 4.78 is 1.77. The monoisotopic (exact) mass is 401 g/mol. The van der Waals surface area contributed by atoms with Crippen molar-refractivity contribution >= 4 is 56.0 Å². The number of hydrogen-bond donors (Lipinski definition) is 1. The number of alkyl halides is 1. The van der Waals surface area contributed by atoms with Crippen LogP contribution in [-0.2, 0) is 0 Å². The van der Waals surface area contributed by atoms with E-state index in [4.69, 9.17) is 11.6 Å². The van der Waals surface area contributed by atoms with E-state index in [2.05, 4.69) is 43.8 Å². The average molecular weight is 402 g/mol. The van der Waals surface area contributed by atoms with Gasteiger partial charge in [0.1, 0.15) is 0 Å². The van der Waals surface area contributed by atoms with Crippen LogP contribution >= 0.6 is 50.1 Å². The Morgan fingerprint density at radius 3 is 2.93 bits per heavy atom. The summed E-state index contributed by atoms with van der Waals surface area (Å²) in [5.41, 5.74) is 0.513. The highest BCUT2D eigenvalue weighted by Gasteiger charge is 2.11. The smallest absolute Gasteiger partial charge is 0.252 e. The SMILES string of the molecule is O=C(NCCCI)c1cccc(Br)c1Cl. The van der Waals surface area contributed by atoms with Crippen LogP contribution in [0.1, 0.15) is 16.8 Å². The minimum Gasteiger partial charge on any atom is -0.352 e. The molecule has 0 heterocycles. The topological polar surface area (TPSA) is 29.1 Å². The van der Waals surface area contributed by atoms with Gasteiger partial charge in [-0.05, 0) is 34.5 Å². The molecule has 0 radical (unpaired) electrons. The molecule has 0 saturated heterocycles. The molecule has 0 fully saturated rings. The summed E-state index contributed by atoms with van der Waals surface area (Å²) >= 11 is 11.6. The fraction of sp³-hybridized carbons (Fsp3) is 0.300. The van der Waals surface area contributed by atoms with Crippen LogP contribution in [-0.4, -0.2) is 16.9 Å². The molecule has 0 bridgehead atoms. The molecule has 0 saturated carbocycles. The maximum Gasteiger partial charge on any atom is 0.252 e. The summed E-state index contributed by atoms with van der Waals surface area (Å²) in [5, 5.41) is 3.28. The Labute approximate surface area is 116 Å². The van der Waals surface area contributed by atoms with Gasteiger partial charge in [-0.2, -0.15) is 0 Å². The summed E-state index contributed by atoms with van der Waals surface area (Å²) in [7, 11) is 0. The second-order valence-corrected chi connectivity index (χ2v) is 5.21. The van der Waals surface area contributed by atoms with E-state index in [1.807, 2.05) is 6.07 Å². The van der Waals surface area contributed by atoms with E-state index in [0.29, 0.717) is 17.1 Å². The maximum atomic E-state index is 11.7. The van der Waals surface area contributed by atoms with Crippen molar-refractivity contribution < 1.29 is 4.79 Å². The largest absolute Gasteiger partial charge is 0.352 e. The third-order valence-corrected chi connectivity index (χ3v) is 3.85. The van der Waals surface area contributed by atoms with Gasteiger partial charge >= 0.3 is 0 Å². The second kappa shape index (κ2) is 6.70. The van der Waals surface area contributed by atoms with E-state index >= 15 is 0 Å². The van der Waals surface area contributed by atoms with Crippen molar-refractivity contribution in [2.45, 2.75) is 6.42 Å². The molecular weight excluding hydrogens is 392 g/mol. The van der Waals surface area contributed by atoms with Gasteiger partial charge in [0.25, 0.3) is 5.91 Å². The van der Waals surface area contributed by atoms with Crippen molar-refractivity contribution in [2.24, 2.45) is 0 Å². The van der Waals surface area contributed by atoms with Gasteiger partial charge in [0.05, 0.1) is 10.6 Å². The first-order valence-electron chi connectivity index (χ1n) is 4.45. The zero-order chi connectivity index (χ0) is 11.3. The van der Waals surface area contributed by atoms with Crippen molar-refractivity contribution in [1.29, 1.82) is 0 Å². The van der Waals surface area contributed by atoms with Gasteiger partial charge in [0, 0.05) is 15.4 Å². The van der Waals surface area contributed by atoms with Crippen molar-refractivity contribution in [3.05, 3.63) is 33.3 Å². The molecule has 0 unspecified atom stereocenters. The molecule has 1 aromatic rings. The lowest BCUT2D eigenvalue weighted by atomic mass is 10.2. The first-order chi connectivity index (χ1) is 7.16. The molecule has 5 heteroatoms. The molecule has 0 spiro atoms. The Kier molecular flexibility index (Phi) is 5.92. The highest BCUT2D eigenvalue weighted by atomic mass is 127. The van der Waals surface area contributed by atoms with Crippen molar-refractivity contribution in [3.63, 3.8) is 0 Å². The summed E-state index contributed by atoms with van der Waals surface area (Å²) in [5.74, 6) is -0.119. The van der Waals surface area contributed by atoms with Crippen LogP contribution in [0.25, 0.3) is 0 Å². The molecule has 0 aliphatic carbocycles. The zero-order valence-corrected chi connectivity index (χ0v) is 12.4. The molecule has 0 atom stereocenters. The third kappa shape index (κ3) is 3.92. The molecule has 1 rings (SSSR count). The van der Waals surface area contributed by atoms with Crippen molar-refractivity contribution in [3.8, 4) is 0 Å². The van der Waals surface area contributed by atoms with Crippen LogP contribution < -0.4 is 5.32 Å². The summed E-state index contributed by atoms with van der Waals surface area (Å²) in [6, 6.07) is 5.32. The lowest BCUT2D eigenvalue weighted by molar-refractivity contribution is 0.0954. The van der Waals surface area contributed by atoms with E-state index < -0.39 is 0 Å². The van der Waals surface area contributed by atoms with Gasteiger partial charge < -0.3 is 5.32 Å². The Balaban J connectivity index is 2.69. The Morgan fingerprint density at radius 1 is 1.53 bits per heavy atom. The molecule has 2 nitrogen and oxygen atoms in total. The van der Waals surface area contributed by atoms with Gasteiger partial charge in [-0.1, -0.05) is 40.3 Å².